The molecule has 20 heavy (non-hydrogen) atoms. The summed E-state index contributed by atoms with van der Waals surface area (Å²) >= 11 is 3.68. The first-order valence-electron chi connectivity index (χ1n) is 8.20. The summed E-state index contributed by atoms with van der Waals surface area (Å²) in [5, 5.41) is 3.78. The van der Waals surface area contributed by atoms with Crippen molar-refractivity contribution in [2.24, 2.45) is 5.92 Å². The maximum absolute atomic E-state index is 3.78. The molecule has 0 bridgehead atoms. The fourth-order valence-electron chi connectivity index (χ4n) is 3.40. The number of benzene rings is 1. The monoisotopic (exact) mass is 337 g/mol. The van der Waals surface area contributed by atoms with Crippen LogP contribution in [-0.2, 0) is 0 Å². The average molecular weight is 338 g/mol. The molecular weight excluding hydrogens is 310 g/mol. The fourth-order valence-corrected chi connectivity index (χ4v) is 3.78. The van der Waals surface area contributed by atoms with Crippen molar-refractivity contribution in [2.75, 3.05) is 6.54 Å². The summed E-state index contributed by atoms with van der Waals surface area (Å²) in [4.78, 5) is 0. The van der Waals surface area contributed by atoms with Gasteiger partial charge in [0.1, 0.15) is 0 Å². The van der Waals surface area contributed by atoms with Gasteiger partial charge in [0.05, 0.1) is 0 Å². The summed E-state index contributed by atoms with van der Waals surface area (Å²) < 4.78 is 1.24. The highest BCUT2D eigenvalue weighted by atomic mass is 79.9. The third-order valence-corrected chi connectivity index (χ3v) is 5.48. The standard InChI is InChI=1S/C18H28BrN/c1-3-12-20-18(13-15-8-5-4-6-9-15)16-10-7-11-17(19)14(16)2/h7,10-11,15,18,20H,3-6,8-9,12-13H2,1-2H3. The topological polar surface area (TPSA) is 12.0 Å². The van der Waals surface area contributed by atoms with E-state index in [0.717, 1.165) is 12.5 Å². The molecule has 112 valence electrons. The molecule has 0 aliphatic heterocycles. The zero-order valence-corrected chi connectivity index (χ0v) is 14.5. The van der Waals surface area contributed by atoms with Gasteiger partial charge in [0.2, 0.25) is 0 Å². The minimum Gasteiger partial charge on any atom is -0.310 e. The Kier molecular flexibility index (Phi) is 6.57. The quantitative estimate of drug-likeness (QED) is 0.694. The van der Waals surface area contributed by atoms with E-state index < -0.39 is 0 Å². The molecule has 0 amide bonds. The normalized spacial score (nSPS) is 18.1. The van der Waals surface area contributed by atoms with Crippen LogP contribution in [-0.4, -0.2) is 6.54 Å². The first-order chi connectivity index (χ1) is 9.72. The Morgan fingerprint density at radius 1 is 1.25 bits per heavy atom. The summed E-state index contributed by atoms with van der Waals surface area (Å²) in [6.45, 7) is 5.60. The Morgan fingerprint density at radius 2 is 2.00 bits per heavy atom. The SMILES string of the molecule is CCCNC(CC1CCCCC1)c1cccc(Br)c1C. The number of hydrogen-bond acceptors (Lipinski definition) is 1. The zero-order valence-electron chi connectivity index (χ0n) is 12.9. The van der Waals surface area contributed by atoms with Crippen molar-refractivity contribution < 1.29 is 0 Å². The van der Waals surface area contributed by atoms with E-state index in [1.54, 1.807) is 0 Å². The lowest BCUT2D eigenvalue weighted by atomic mass is 9.82. The second-order valence-electron chi connectivity index (χ2n) is 6.20. The molecule has 2 heteroatoms. The van der Waals surface area contributed by atoms with Crippen LogP contribution in [0, 0.1) is 12.8 Å². The van der Waals surface area contributed by atoms with Gasteiger partial charge in [0, 0.05) is 10.5 Å². The van der Waals surface area contributed by atoms with E-state index in [1.165, 1.54) is 60.5 Å². The van der Waals surface area contributed by atoms with Crippen LogP contribution < -0.4 is 5.32 Å². The van der Waals surface area contributed by atoms with Crippen molar-refractivity contribution in [3.8, 4) is 0 Å². The van der Waals surface area contributed by atoms with E-state index >= 15 is 0 Å². The molecular formula is C18H28BrN. The summed E-state index contributed by atoms with van der Waals surface area (Å²) in [5.74, 6) is 0.913. The molecule has 1 fully saturated rings. The molecule has 1 aromatic rings. The molecule has 1 aliphatic carbocycles. The predicted octanol–water partition coefficient (Wildman–Crippen LogP) is 5.77. The first kappa shape index (κ1) is 16.0. The lowest BCUT2D eigenvalue weighted by Crippen LogP contribution is -2.26. The molecule has 0 aromatic heterocycles. The number of rotatable bonds is 6. The third-order valence-electron chi connectivity index (χ3n) is 4.62. The maximum atomic E-state index is 3.78. The number of nitrogens with one attached hydrogen (secondary N) is 1. The van der Waals surface area contributed by atoms with Crippen LogP contribution in [0.2, 0.25) is 0 Å². The van der Waals surface area contributed by atoms with E-state index in [0.29, 0.717) is 6.04 Å². The highest BCUT2D eigenvalue weighted by Crippen LogP contribution is 2.34. The van der Waals surface area contributed by atoms with Crippen LogP contribution >= 0.6 is 15.9 Å². The van der Waals surface area contributed by atoms with Crippen molar-refractivity contribution in [1.29, 1.82) is 0 Å². The van der Waals surface area contributed by atoms with Crippen molar-refractivity contribution in [3.63, 3.8) is 0 Å². The van der Waals surface area contributed by atoms with Crippen LogP contribution in [0.3, 0.4) is 0 Å². The molecule has 1 unspecified atom stereocenters. The molecule has 2 rings (SSSR count). The highest BCUT2D eigenvalue weighted by molar-refractivity contribution is 9.10. The van der Waals surface area contributed by atoms with E-state index in [4.69, 9.17) is 0 Å². The summed E-state index contributed by atoms with van der Waals surface area (Å²) in [6, 6.07) is 7.15. The smallest absolute Gasteiger partial charge is 0.0325 e. The molecule has 1 saturated carbocycles. The van der Waals surface area contributed by atoms with Gasteiger partial charge in [0.25, 0.3) is 0 Å². The average Bonchev–Trinajstić information content (AvgIpc) is 2.48. The van der Waals surface area contributed by atoms with Gasteiger partial charge in [-0.2, -0.15) is 0 Å². The van der Waals surface area contributed by atoms with Crippen LogP contribution in [0.4, 0.5) is 0 Å². The largest absolute Gasteiger partial charge is 0.310 e. The van der Waals surface area contributed by atoms with Crippen LogP contribution in [0.1, 0.15) is 69.0 Å². The molecule has 0 radical (unpaired) electrons. The molecule has 0 spiro atoms. The van der Waals surface area contributed by atoms with E-state index in [2.05, 4.69) is 53.3 Å². The van der Waals surface area contributed by atoms with Crippen molar-refractivity contribution in [2.45, 2.75) is 64.8 Å². The number of hydrogen-bond donors (Lipinski definition) is 1. The second-order valence-corrected chi connectivity index (χ2v) is 7.05. The molecule has 1 nitrogen and oxygen atoms in total. The third kappa shape index (κ3) is 4.33. The Balaban J connectivity index is 2.11. The van der Waals surface area contributed by atoms with Crippen molar-refractivity contribution >= 4 is 15.9 Å². The van der Waals surface area contributed by atoms with Gasteiger partial charge in [0.15, 0.2) is 0 Å². The van der Waals surface area contributed by atoms with Gasteiger partial charge in [-0.05, 0) is 49.4 Å². The minimum atomic E-state index is 0.524. The van der Waals surface area contributed by atoms with Crippen LogP contribution in [0.5, 0.6) is 0 Å². The predicted molar refractivity (Wildman–Crippen MR) is 91.1 cm³/mol. The molecule has 1 atom stereocenters. The van der Waals surface area contributed by atoms with Gasteiger partial charge in [-0.1, -0.05) is 67.1 Å². The van der Waals surface area contributed by atoms with E-state index in [-0.39, 0.29) is 0 Å². The minimum absolute atomic E-state index is 0.524. The molecule has 0 saturated heterocycles. The zero-order chi connectivity index (χ0) is 14.4. The first-order valence-corrected chi connectivity index (χ1v) is 9.00. The van der Waals surface area contributed by atoms with Crippen molar-refractivity contribution in [1.82, 2.24) is 5.32 Å². The van der Waals surface area contributed by atoms with Gasteiger partial charge < -0.3 is 5.32 Å². The Hall–Kier alpha value is -0.340. The summed E-state index contributed by atoms with van der Waals surface area (Å²) in [7, 11) is 0. The lowest BCUT2D eigenvalue weighted by Gasteiger charge is -2.28. The van der Waals surface area contributed by atoms with Gasteiger partial charge in [-0.3, -0.25) is 0 Å². The molecule has 1 aromatic carbocycles. The lowest BCUT2D eigenvalue weighted by molar-refractivity contribution is 0.299. The van der Waals surface area contributed by atoms with Crippen molar-refractivity contribution in [3.05, 3.63) is 33.8 Å². The fraction of sp³-hybridized carbons (Fsp3) is 0.667. The second kappa shape index (κ2) is 8.19. The summed E-state index contributed by atoms with van der Waals surface area (Å²) in [6.07, 6.45) is 9.67. The maximum Gasteiger partial charge on any atom is 0.0325 e. The van der Waals surface area contributed by atoms with Crippen LogP contribution in [0.15, 0.2) is 22.7 Å². The van der Waals surface area contributed by atoms with Gasteiger partial charge in [-0.25, -0.2) is 0 Å². The van der Waals surface area contributed by atoms with Crippen LogP contribution in [0.25, 0.3) is 0 Å². The molecule has 0 heterocycles. The Labute approximate surface area is 132 Å². The van der Waals surface area contributed by atoms with E-state index in [1.807, 2.05) is 0 Å². The summed E-state index contributed by atoms with van der Waals surface area (Å²) in [5.41, 5.74) is 2.88. The molecule has 1 N–H and O–H groups in total. The number of halogens is 1. The van der Waals surface area contributed by atoms with E-state index in [9.17, 15) is 0 Å². The Bertz CT molecular complexity index is 410. The molecule has 1 aliphatic rings. The highest BCUT2D eigenvalue weighted by Gasteiger charge is 2.21. The van der Waals surface area contributed by atoms with Gasteiger partial charge in [-0.15, -0.1) is 0 Å². The Morgan fingerprint density at radius 3 is 2.70 bits per heavy atom. The van der Waals surface area contributed by atoms with Gasteiger partial charge >= 0.3 is 0 Å².